The first-order valence-electron chi connectivity index (χ1n) is 10.8. The van der Waals surface area contributed by atoms with E-state index < -0.39 is 0 Å². The van der Waals surface area contributed by atoms with Crippen molar-refractivity contribution in [3.8, 4) is 5.69 Å². The second-order valence-corrected chi connectivity index (χ2v) is 7.84. The first-order chi connectivity index (χ1) is 16.0. The molecule has 1 heterocycles. The Morgan fingerprint density at radius 3 is 2.42 bits per heavy atom. The van der Waals surface area contributed by atoms with Crippen molar-refractivity contribution in [2.24, 2.45) is 0 Å². The number of benzene rings is 3. The maximum Gasteiger partial charge on any atom is 0.0619 e. The third-order valence-electron chi connectivity index (χ3n) is 5.72. The van der Waals surface area contributed by atoms with Crippen LogP contribution in [-0.4, -0.2) is 10.3 Å². The first kappa shape index (κ1) is 21.8. The fourth-order valence-corrected chi connectivity index (χ4v) is 4.11. The van der Waals surface area contributed by atoms with Crippen LogP contribution in [0.5, 0.6) is 0 Å². The summed E-state index contributed by atoms with van der Waals surface area (Å²) in [5.74, 6) is 0. The van der Waals surface area contributed by atoms with Crippen molar-refractivity contribution in [1.82, 2.24) is 4.57 Å². The number of nitrogen functional groups attached to an aromatic ring is 1. The minimum Gasteiger partial charge on any atom is -0.399 e. The first-order valence-corrected chi connectivity index (χ1v) is 10.8. The van der Waals surface area contributed by atoms with Gasteiger partial charge in [0.15, 0.2) is 0 Å². The lowest BCUT2D eigenvalue weighted by molar-refractivity contribution is 1.05. The number of hydrogen-bond acceptors (Lipinski definition) is 2. The Kier molecular flexibility index (Phi) is 6.23. The lowest BCUT2D eigenvalue weighted by Gasteiger charge is -2.11. The van der Waals surface area contributed by atoms with Crippen LogP contribution in [0.2, 0.25) is 0 Å². The van der Waals surface area contributed by atoms with Crippen molar-refractivity contribution in [3.05, 3.63) is 133 Å². The summed E-state index contributed by atoms with van der Waals surface area (Å²) < 4.78 is 2.21. The average molecular weight is 430 g/mol. The molecule has 3 heteroatoms. The van der Waals surface area contributed by atoms with E-state index in [2.05, 4.69) is 36.8 Å². The number of anilines is 1. The van der Waals surface area contributed by atoms with E-state index in [9.17, 15) is 0 Å². The van der Waals surface area contributed by atoms with Crippen LogP contribution in [0.15, 0.2) is 110 Å². The highest BCUT2D eigenvalue weighted by Crippen LogP contribution is 2.32. The number of fused-ring (bicyclic) bond motifs is 1. The quantitative estimate of drug-likeness (QED) is 0.180. The number of nitrogens with zero attached hydrogens (tertiary/aromatic N) is 1. The van der Waals surface area contributed by atoms with Crippen molar-refractivity contribution in [1.29, 1.82) is 5.41 Å². The normalized spacial score (nSPS) is 11.7. The fraction of sp³-hybridized carbons (Fsp3) is 0.0333. The molecule has 3 N–H and O–H groups in total. The van der Waals surface area contributed by atoms with Gasteiger partial charge in [-0.05, 0) is 54.5 Å². The summed E-state index contributed by atoms with van der Waals surface area (Å²) in [6.07, 6.45) is 9.42. The van der Waals surface area contributed by atoms with Crippen LogP contribution in [0.25, 0.3) is 28.2 Å². The van der Waals surface area contributed by atoms with Gasteiger partial charge in [-0.15, -0.1) is 0 Å². The van der Waals surface area contributed by atoms with E-state index >= 15 is 0 Å². The van der Waals surface area contributed by atoms with Crippen LogP contribution < -0.4 is 5.73 Å². The molecule has 162 valence electrons. The molecule has 0 atom stereocenters. The predicted molar refractivity (Wildman–Crippen MR) is 143 cm³/mol. The molecule has 0 spiro atoms. The van der Waals surface area contributed by atoms with Crippen molar-refractivity contribution in [2.45, 2.75) is 6.92 Å². The van der Waals surface area contributed by atoms with Gasteiger partial charge in [-0.3, -0.25) is 0 Å². The maximum atomic E-state index is 8.74. The molecular formula is C30H27N3. The molecule has 1 aromatic heterocycles. The number of rotatable bonds is 7. The molecule has 0 amide bonds. The third-order valence-corrected chi connectivity index (χ3v) is 5.72. The van der Waals surface area contributed by atoms with Gasteiger partial charge in [-0.25, -0.2) is 0 Å². The van der Waals surface area contributed by atoms with Gasteiger partial charge in [0.25, 0.3) is 0 Å². The Bertz CT molecular complexity index is 1420. The smallest absolute Gasteiger partial charge is 0.0619 e. The van der Waals surface area contributed by atoms with Crippen LogP contribution in [-0.2, 0) is 0 Å². The standard InChI is InChI=1S/C30H27N3/c1-4-6-15-27-21(3)33(30-17-16-25(31)20-28(27)30)26-14-10-13-24(18-26)29(32)19-22(5-2)23-11-8-7-9-12-23/h4-20,32H,1-2,31H2,3H3/b15-6-,22-19+,32-29?. The molecule has 0 saturated heterocycles. The highest BCUT2D eigenvalue weighted by molar-refractivity contribution is 6.11. The zero-order valence-electron chi connectivity index (χ0n) is 18.8. The summed E-state index contributed by atoms with van der Waals surface area (Å²) >= 11 is 0. The molecule has 3 aromatic carbocycles. The van der Waals surface area contributed by atoms with Crippen LogP contribution >= 0.6 is 0 Å². The number of nitrogens with two attached hydrogens (primary N) is 1. The zero-order valence-corrected chi connectivity index (χ0v) is 18.8. The summed E-state index contributed by atoms with van der Waals surface area (Å²) in [5.41, 5.74) is 14.3. The molecule has 0 fully saturated rings. The van der Waals surface area contributed by atoms with E-state index in [4.69, 9.17) is 11.1 Å². The van der Waals surface area contributed by atoms with Crippen molar-refractivity contribution in [2.75, 3.05) is 5.73 Å². The predicted octanol–water partition coefficient (Wildman–Crippen LogP) is 7.36. The topological polar surface area (TPSA) is 54.8 Å². The molecule has 0 aliphatic carbocycles. The average Bonchev–Trinajstić information content (AvgIpc) is 3.11. The Labute approximate surface area is 195 Å². The zero-order chi connectivity index (χ0) is 23.4. The molecule has 3 nitrogen and oxygen atoms in total. The summed E-state index contributed by atoms with van der Waals surface area (Å²) in [4.78, 5) is 0. The van der Waals surface area contributed by atoms with E-state index in [1.165, 1.54) is 0 Å². The van der Waals surface area contributed by atoms with Crippen LogP contribution in [0.1, 0.15) is 22.4 Å². The number of nitrogens with one attached hydrogen (secondary N) is 1. The SMILES string of the molecule is C=C/C=C\c1c(C)n(-c2cccc(C(=N)/C=C(\C=C)c3ccccc3)c2)c2ccc(N)cc12. The van der Waals surface area contributed by atoms with Crippen molar-refractivity contribution in [3.63, 3.8) is 0 Å². The van der Waals surface area contributed by atoms with Crippen LogP contribution in [0.3, 0.4) is 0 Å². The number of hydrogen-bond donors (Lipinski definition) is 2. The molecule has 0 aliphatic rings. The fourth-order valence-electron chi connectivity index (χ4n) is 4.11. The van der Waals surface area contributed by atoms with Gasteiger partial charge in [-0.1, -0.05) is 79.9 Å². The second kappa shape index (κ2) is 9.41. The molecule has 0 radical (unpaired) electrons. The number of aromatic nitrogens is 1. The Balaban J connectivity index is 1.82. The van der Waals surface area contributed by atoms with E-state index in [1.54, 1.807) is 12.2 Å². The van der Waals surface area contributed by atoms with Crippen LogP contribution in [0, 0.1) is 12.3 Å². The monoisotopic (exact) mass is 429 g/mol. The van der Waals surface area contributed by atoms with Gasteiger partial charge in [0.05, 0.1) is 11.2 Å². The van der Waals surface area contributed by atoms with Gasteiger partial charge < -0.3 is 15.7 Å². The molecule has 0 bridgehead atoms. The molecule has 33 heavy (non-hydrogen) atoms. The Morgan fingerprint density at radius 2 is 1.70 bits per heavy atom. The van der Waals surface area contributed by atoms with E-state index in [0.717, 1.165) is 50.2 Å². The van der Waals surface area contributed by atoms with Gasteiger partial charge in [0, 0.05) is 33.6 Å². The minimum absolute atomic E-state index is 0.431. The molecule has 0 saturated carbocycles. The van der Waals surface area contributed by atoms with Crippen LogP contribution in [0.4, 0.5) is 5.69 Å². The second-order valence-electron chi connectivity index (χ2n) is 7.84. The Morgan fingerprint density at radius 1 is 0.939 bits per heavy atom. The lowest BCUT2D eigenvalue weighted by atomic mass is 10.0. The highest BCUT2D eigenvalue weighted by atomic mass is 15.0. The summed E-state index contributed by atoms with van der Waals surface area (Å²) in [6.45, 7) is 9.83. The van der Waals surface area contributed by atoms with Gasteiger partial charge in [0.1, 0.15) is 0 Å². The molecule has 4 rings (SSSR count). The van der Waals surface area contributed by atoms with Gasteiger partial charge in [-0.2, -0.15) is 0 Å². The van der Waals surface area contributed by atoms with Gasteiger partial charge >= 0.3 is 0 Å². The number of allylic oxidation sites excluding steroid dienone is 5. The lowest BCUT2D eigenvalue weighted by Crippen LogP contribution is -2.01. The Hall–Kier alpha value is -4.37. The molecule has 0 unspecified atom stereocenters. The van der Waals surface area contributed by atoms with Crippen molar-refractivity contribution >= 4 is 34.0 Å². The summed E-state index contributed by atoms with van der Waals surface area (Å²) in [5, 5.41) is 9.83. The van der Waals surface area contributed by atoms with E-state index in [-0.39, 0.29) is 0 Å². The van der Waals surface area contributed by atoms with E-state index in [0.29, 0.717) is 5.71 Å². The highest BCUT2D eigenvalue weighted by Gasteiger charge is 2.14. The largest absolute Gasteiger partial charge is 0.399 e. The minimum atomic E-state index is 0.431. The maximum absolute atomic E-state index is 8.74. The molecule has 0 aliphatic heterocycles. The van der Waals surface area contributed by atoms with Crippen molar-refractivity contribution < 1.29 is 0 Å². The summed E-state index contributed by atoms with van der Waals surface area (Å²) in [6, 6.07) is 24.1. The van der Waals surface area contributed by atoms with Gasteiger partial charge in [0.2, 0.25) is 0 Å². The van der Waals surface area contributed by atoms with E-state index in [1.807, 2.05) is 78.9 Å². The third kappa shape index (κ3) is 4.35. The molecule has 4 aromatic rings. The molecular weight excluding hydrogens is 402 g/mol. The summed E-state index contributed by atoms with van der Waals surface area (Å²) in [7, 11) is 0.